The van der Waals surface area contributed by atoms with Crippen molar-refractivity contribution in [1.82, 2.24) is 5.32 Å². The molecular weight excluding hydrogens is 354 g/mol. The molecular formula is C16H18ClNO7. The zero-order valence-corrected chi connectivity index (χ0v) is 14.7. The molecule has 0 spiro atoms. The fraction of sp³-hybridized carbons (Fsp3) is 0.375. The summed E-state index contributed by atoms with van der Waals surface area (Å²) in [7, 11) is 3.33. The van der Waals surface area contributed by atoms with Gasteiger partial charge in [0.2, 0.25) is 0 Å². The Morgan fingerprint density at radius 1 is 0.960 bits per heavy atom. The molecule has 1 N–H and O–H groups in total. The summed E-state index contributed by atoms with van der Waals surface area (Å²) in [5.41, 5.74) is 0.208. The van der Waals surface area contributed by atoms with Gasteiger partial charge in [0.1, 0.15) is 6.04 Å². The van der Waals surface area contributed by atoms with Crippen LogP contribution < -0.4 is 5.32 Å². The molecule has 25 heavy (non-hydrogen) atoms. The lowest BCUT2D eigenvalue weighted by atomic mass is 9.95. The number of rotatable bonds is 7. The van der Waals surface area contributed by atoms with Crippen molar-refractivity contribution < 1.29 is 33.4 Å². The highest BCUT2D eigenvalue weighted by atomic mass is 35.5. The smallest absolute Gasteiger partial charge is 0.329 e. The van der Waals surface area contributed by atoms with E-state index in [0.29, 0.717) is 5.02 Å². The van der Waals surface area contributed by atoms with Crippen LogP contribution in [0.2, 0.25) is 5.02 Å². The Bertz CT molecular complexity index is 644. The van der Waals surface area contributed by atoms with Crippen LogP contribution in [0.15, 0.2) is 24.3 Å². The molecule has 0 bridgehead atoms. The first-order valence-electron chi connectivity index (χ1n) is 7.13. The van der Waals surface area contributed by atoms with E-state index in [2.05, 4.69) is 19.5 Å². The molecule has 8 nitrogen and oxygen atoms in total. The Labute approximate surface area is 149 Å². The van der Waals surface area contributed by atoms with Gasteiger partial charge in [-0.3, -0.25) is 14.4 Å². The number of esters is 3. The van der Waals surface area contributed by atoms with E-state index in [4.69, 9.17) is 11.6 Å². The number of benzene rings is 1. The highest BCUT2D eigenvalue weighted by molar-refractivity contribution is 6.30. The van der Waals surface area contributed by atoms with E-state index in [-0.39, 0.29) is 5.56 Å². The Morgan fingerprint density at radius 2 is 1.52 bits per heavy atom. The second kappa shape index (κ2) is 9.63. The summed E-state index contributed by atoms with van der Waals surface area (Å²) in [4.78, 5) is 47.9. The summed E-state index contributed by atoms with van der Waals surface area (Å²) >= 11 is 5.76. The monoisotopic (exact) mass is 371 g/mol. The van der Waals surface area contributed by atoms with Gasteiger partial charge < -0.3 is 19.5 Å². The first-order chi connectivity index (χ1) is 11.8. The van der Waals surface area contributed by atoms with Gasteiger partial charge in [-0.25, -0.2) is 4.79 Å². The SMILES string of the molecule is COC(=O)C[C@H](C(=O)OC)[C@H](NC(=O)c1ccc(Cl)cc1)C(=O)OC. The molecule has 0 fully saturated rings. The third-order valence-electron chi connectivity index (χ3n) is 3.37. The molecule has 0 aliphatic rings. The minimum Gasteiger partial charge on any atom is -0.469 e. The van der Waals surface area contributed by atoms with Crippen LogP contribution in [0.4, 0.5) is 0 Å². The molecule has 136 valence electrons. The van der Waals surface area contributed by atoms with Crippen molar-refractivity contribution in [2.24, 2.45) is 5.92 Å². The number of carbonyl (C=O) groups excluding carboxylic acids is 4. The van der Waals surface area contributed by atoms with Crippen LogP contribution in [0, 0.1) is 5.92 Å². The third-order valence-corrected chi connectivity index (χ3v) is 3.62. The molecule has 1 aromatic carbocycles. The predicted molar refractivity (Wildman–Crippen MR) is 86.9 cm³/mol. The largest absolute Gasteiger partial charge is 0.469 e. The van der Waals surface area contributed by atoms with Crippen molar-refractivity contribution in [2.75, 3.05) is 21.3 Å². The third kappa shape index (κ3) is 5.75. The second-order valence-corrected chi connectivity index (χ2v) is 5.33. The van der Waals surface area contributed by atoms with Gasteiger partial charge in [-0.1, -0.05) is 11.6 Å². The number of hydrogen-bond donors (Lipinski definition) is 1. The van der Waals surface area contributed by atoms with E-state index >= 15 is 0 Å². The van der Waals surface area contributed by atoms with Crippen molar-refractivity contribution in [3.05, 3.63) is 34.9 Å². The summed E-state index contributed by atoms with van der Waals surface area (Å²) in [6, 6.07) is 4.45. The zero-order chi connectivity index (χ0) is 19.0. The van der Waals surface area contributed by atoms with E-state index in [0.717, 1.165) is 21.3 Å². The number of carbonyl (C=O) groups is 4. The lowest BCUT2D eigenvalue weighted by Crippen LogP contribution is -2.50. The van der Waals surface area contributed by atoms with Crippen LogP contribution >= 0.6 is 11.6 Å². The summed E-state index contributed by atoms with van der Waals surface area (Å²) in [5.74, 6) is -4.46. The molecule has 0 aromatic heterocycles. The van der Waals surface area contributed by atoms with Crippen molar-refractivity contribution in [3.63, 3.8) is 0 Å². The lowest BCUT2D eigenvalue weighted by Gasteiger charge is -2.23. The molecule has 0 aliphatic heterocycles. The molecule has 1 rings (SSSR count). The maximum absolute atomic E-state index is 12.3. The second-order valence-electron chi connectivity index (χ2n) is 4.89. The number of halogens is 1. The van der Waals surface area contributed by atoms with Gasteiger partial charge in [0.05, 0.1) is 33.7 Å². The average molecular weight is 372 g/mol. The molecule has 1 amide bonds. The van der Waals surface area contributed by atoms with Gasteiger partial charge in [0.15, 0.2) is 0 Å². The average Bonchev–Trinajstić information content (AvgIpc) is 2.63. The molecule has 2 atom stereocenters. The molecule has 0 saturated carbocycles. The summed E-state index contributed by atoms with van der Waals surface area (Å²) in [6.07, 6.45) is -0.468. The molecule has 0 heterocycles. The molecule has 0 saturated heterocycles. The van der Waals surface area contributed by atoms with E-state index < -0.39 is 42.2 Å². The Hall–Kier alpha value is -2.61. The highest BCUT2D eigenvalue weighted by Gasteiger charge is 2.38. The van der Waals surface area contributed by atoms with Crippen molar-refractivity contribution in [1.29, 1.82) is 0 Å². The first kappa shape index (κ1) is 20.4. The normalized spacial score (nSPS) is 12.5. The van der Waals surface area contributed by atoms with Gasteiger partial charge in [-0.15, -0.1) is 0 Å². The van der Waals surface area contributed by atoms with Crippen LogP contribution in [-0.2, 0) is 28.6 Å². The lowest BCUT2D eigenvalue weighted by molar-refractivity contribution is -0.158. The zero-order valence-electron chi connectivity index (χ0n) is 13.9. The molecule has 9 heteroatoms. The minimum absolute atomic E-state index is 0.208. The summed E-state index contributed by atoms with van der Waals surface area (Å²) < 4.78 is 13.8. The van der Waals surface area contributed by atoms with Gasteiger partial charge in [-0.2, -0.15) is 0 Å². The van der Waals surface area contributed by atoms with Gasteiger partial charge in [-0.05, 0) is 24.3 Å². The van der Waals surface area contributed by atoms with Crippen molar-refractivity contribution >= 4 is 35.4 Å². The van der Waals surface area contributed by atoms with Crippen molar-refractivity contribution in [3.8, 4) is 0 Å². The van der Waals surface area contributed by atoms with E-state index in [1.807, 2.05) is 0 Å². The van der Waals surface area contributed by atoms with Gasteiger partial charge >= 0.3 is 17.9 Å². The Morgan fingerprint density at radius 3 is 2.00 bits per heavy atom. The maximum atomic E-state index is 12.3. The van der Waals surface area contributed by atoms with Crippen LogP contribution in [0.5, 0.6) is 0 Å². The number of ether oxygens (including phenoxy) is 3. The molecule has 0 aliphatic carbocycles. The van der Waals surface area contributed by atoms with E-state index in [1.165, 1.54) is 24.3 Å². The number of nitrogens with one attached hydrogen (secondary N) is 1. The Balaban J connectivity index is 3.09. The standard InChI is InChI=1S/C16H18ClNO7/c1-23-12(19)8-11(15(21)24-2)13(16(22)25-3)18-14(20)9-4-6-10(17)7-5-9/h4-7,11,13H,8H2,1-3H3,(H,18,20)/t11-,13-/m0/s1. The molecule has 0 radical (unpaired) electrons. The van der Waals surface area contributed by atoms with Crippen LogP contribution in [0.3, 0.4) is 0 Å². The summed E-state index contributed by atoms with van der Waals surface area (Å²) in [6.45, 7) is 0. The first-order valence-corrected chi connectivity index (χ1v) is 7.50. The van der Waals surface area contributed by atoms with Gasteiger partial charge in [0, 0.05) is 10.6 Å². The Kier molecular flexibility index (Phi) is 7.87. The minimum atomic E-state index is -1.43. The molecule has 0 unspecified atom stereocenters. The quantitative estimate of drug-likeness (QED) is 0.561. The van der Waals surface area contributed by atoms with Crippen molar-refractivity contribution in [2.45, 2.75) is 12.5 Å². The van der Waals surface area contributed by atoms with Gasteiger partial charge in [0.25, 0.3) is 5.91 Å². The fourth-order valence-electron chi connectivity index (χ4n) is 2.03. The highest BCUT2D eigenvalue weighted by Crippen LogP contribution is 2.16. The van der Waals surface area contributed by atoms with E-state index in [9.17, 15) is 19.2 Å². The number of methoxy groups -OCH3 is 3. The number of hydrogen-bond acceptors (Lipinski definition) is 7. The van der Waals surface area contributed by atoms with Crippen LogP contribution in [0.25, 0.3) is 0 Å². The van der Waals surface area contributed by atoms with Crippen LogP contribution in [-0.4, -0.2) is 51.2 Å². The van der Waals surface area contributed by atoms with E-state index in [1.54, 1.807) is 0 Å². The maximum Gasteiger partial charge on any atom is 0.329 e. The molecule has 1 aromatic rings. The predicted octanol–water partition coefficient (Wildman–Crippen LogP) is 0.964. The van der Waals surface area contributed by atoms with Crippen LogP contribution in [0.1, 0.15) is 16.8 Å². The fourth-order valence-corrected chi connectivity index (χ4v) is 2.15. The summed E-state index contributed by atoms with van der Waals surface area (Å²) in [5, 5.41) is 2.81. The topological polar surface area (TPSA) is 108 Å². The number of amides is 1.